The van der Waals surface area contributed by atoms with E-state index in [1.54, 1.807) is 11.8 Å². The number of carbonyl (C=O) groups excluding carboxylic acids is 1. The molecule has 0 N–H and O–H groups in total. The number of halogens is 1. The molecule has 4 rings (SSSR count). The van der Waals surface area contributed by atoms with Gasteiger partial charge in [0, 0.05) is 58.7 Å². The fraction of sp³-hybridized carbons (Fsp3) is 0.296. The van der Waals surface area contributed by atoms with Crippen LogP contribution in [0.4, 0.5) is 5.69 Å². The Bertz CT molecular complexity index is 1100. The molecule has 1 heterocycles. The second-order valence-electron chi connectivity index (χ2n) is 8.07. The Balaban J connectivity index is 1.45. The lowest BCUT2D eigenvalue weighted by Gasteiger charge is -2.37. The smallest absolute Gasteiger partial charge is 0.253 e. The van der Waals surface area contributed by atoms with Gasteiger partial charge in [-0.25, -0.2) is 0 Å². The van der Waals surface area contributed by atoms with Gasteiger partial charge in [-0.15, -0.1) is 11.8 Å². The van der Waals surface area contributed by atoms with Crippen LogP contribution in [0.25, 0.3) is 0 Å². The molecule has 1 saturated heterocycles. The number of hydrogen-bond donors (Lipinski definition) is 0. The van der Waals surface area contributed by atoms with Gasteiger partial charge in [0.1, 0.15) is 5.75 Å². The molecule has 33 heavy (non-hydrogen) atoms. The first-order valence-corrected chi connectivity index (χ1v) is 12.7. The van der Waals surface area contributed by atoms with E-state index in [4.69, 9.17) is 16.3 Å². The van der Waals surface area contributed by atoms with Gasteiger partial charge in [0.05, 0.1) is 6.61 Å². The number of rotatable bonds is 7. The van der Waals surface area contributed by atoms with Gasteiger partial charge in [-0.05, 0) is 61.9 Å². The summed E-state index contributed by atoms with van der Waals surface area (Å²) in [6.07, 6.45) is 0. The molecule has 172 valence electrons. The second-order valence-corrected chi connectivity index (χ2v) is 9.55. The standard InChI is InChI=1S/C27H29ClN2O2S/c1-3-32-26-12-10-21(17-22(26)19-33-24-7-5-4-6-8-24)27(31)30-15-13-29(14-16-30)25-18-23(28)11-9-20(25)2/h4-12,17-18H,3,13-16,19H2,1-2H3. The molecule has 6 heteroatoms. The van der Waals surface area contributed by atoms with E-state index in [-0.39, 0.29) is 5.91 Å². The molecule has 0 radical (unpaired) electrons. The van der Waals surface area contributed by atoms with Crippen LogP contribution in [0.1, 0.15) is 28.4 Å². The summed E-state index contributed by atoms with van der Waals surface area (Å²) in [6, 6.07) is 22.1. The Labute approximate surface area is 205 Å². The number of benzene rings is 3. The largest absolute Gasteiger partial charge is 0.494 e. The van der Waals surface area contributed by atoms with Crippen LogP contribution in [0.2, 0.25) is 5.02 Å². The molecule has 0 unspecified atom stereocenters. The Hall–Kier alpha value is -2.63. The third kappa shape index (κ3) is 5.84. The van der Waals surface area contributed by atoms with Crippen molar-refractivity contribution in [2.45, 2.75) is 24.5 Å². The highest BCUT2D eigenvalue weighted by Crippen LogP contribution is 2.30. The molecule has 3 aromatic rings. The molecule has 1 amide bonds. The third-order valence-electron chi connectivity index (χ3n) is 5.82. The molecule has 0 bridgehead atoms. The number of nitrogens with zero attached hydrogens (tertiary/aromatic N) is 2. The van der Waals surface area contributed by atoms with Crippen molar-refractivity contribution < 1.29 is 9.53 Å². The van der Waals surface area contributed by atoms with Crippen molar-refractivity contribution >= 4 is 35.0 Å². The predicted octanol–water partition coefficient (Wildman–Crippen LogP) is 6.30. The number of thioether (sulfide) groups is 1. The number of hydrogen-bond acceptors (Lipinski definition) is 4. The summed E-state index contributed by atoms with van der Waals surface area (Å²) in [5.41, 5.74) is 4.11. The SMILES string of the molecule is CCOc1ccc(C(=O)N2CCN(c3cc(Cl)ccc3C)CC2)cc1CSc1ccccc1. The van der Waals surface area contributed by atoms with Gasteiger partial charge >= 0.3 is 0 Å². The highest BCUT2D eigenvalue weighted by molar-refractivity contribution is 7.98. The van der Waals surface area contributed by atoms with Crippen molar-refractivity contribution in [3.05, 3.63) is 88.4 Å². The molecule has 0 aromatic heterocycles. The van der Waals surface area contributed by atoms with Gasteiger partial charge in [0.2, 0.25) is 0 Å². The number of piperazine rings is 1. The first-order valence-electron chi connectivity index (χ1n) is 11.3. The van der Waals surface area contributed by atoms with Gasteiger partial charge in [-0.3, -0.25) is 4.79 Å². The summed E-state index contributed by atoms with van der Waals surface area (Å²) in [4.78, 5) is 18.8. The minimum Gasteiger partial charge on any atom is -0.494 e. The summed E-state index contributed by atoms with van der Waals surface area (Å²) < 4.78 is 5.83. The van der Waals surface area contributed by atoms with E-state index in [1.807, 2.05) is 66.4 Å². The average molecular weight is 481 g/mol. The van der Waals surface area contributed by atoms with Crippen molar-refractivity contribution in [1.29, 1.82) is 0 Å². The fourth-order valence-corrected chi connectivity index (χ4v) is 5.12. The molecule has 0 aliphatic carbocycles. The zero-order chi connectivity index (χ0) is 23.2. The molecular formula is C27H29ClN2O2S. The zero-order valence-electron chi connectivity index (χ0n) is 19.1. The molecule has 1 aliphatic heterocycles. The highest BCUT2D eigenvalue weighted by Gasteiger charge is 2.24. The first-order chi connectivity index (χ1) is 16.0. The molecule has 1 aliphatic rings. The maximum Gasteiger partial charge on any atom is 0.253 e. The van der Waals surface area contributed by atoms with Crippen molar-refractivity contribution in [2.75, 3.05) is 37.7 Å². The number of aryl methyl sites for hydroxylation is 1. The number of amides is 1. The maximum atomic E-state index is 13.3. The highest BCUT2D eigenvalue weighted by atomic mass is 35.5. The lowest BCUT2D eigenvalue weighted by atomic mass is 10.1. The Morgan fingerprint density at radius 1 is 1.00 bits per heavy atom. The zero-order valence-corrected chi connectivity index (χ0v) is 20.7. The Morgan fingerprint density at radius 2 is 1.76 bits per heavy atom. The van der Waals surface area contributed by atoms with E-state index in [1.165, 1.54) is 10.5 Å². The Morgan fingerprint density at radius 3 is 2.48 bits per heavy atom. The minimum atomic E-state index is 0.0754. The molecule has 3 aromatic carbocycles. The van der Waals surface area contributed by atoms with Crippen molar-refractivity contribution in [2.24, 2.45) is 0 Å². The molecular weight excluding hydrogens is 452 g/mol. The third-order valence-corrected chi connectivity index (χ3v) is 7.12. The topological polar surface area (TPSA) is 32.8 Å². The average Bonchev–Trinajstić information content (AvgIpc) is 2.85. The van der Waals surface area contributed by atoms with Gasteiger partial charge < -0.3 is 14.5 Å². The summed E-state index contributed by atoms with van der Waals surface area (Å²) in [5.74, 6) is 1.67. The van der Waals surface area contributed by atoms with Crippen LogP contribution in [0.5, 0.6) is 5.75 Å². The molecule has 0 spiro atoms. The van der Waals surface area contributed by atoms with Gasteiger partial charge in [-0.2, -0.15) is 0 Å². The predicted molar refractivity (Wildman–Crippen MR) is 138 cm³/mol. The van der Waals surface area contributed by atoms with E-state index in [9.17, 15) is 4.79 Å². The van der Waals surface area contributed by atoms with E-state index in [2.05, 4.69) is 24.0 Å². The normalized spacial score (nSPS) is 13.8. The van der Waals surface area contributed by atoms with Crippen LogP contribution in [0.3, 0.4) is 0 Å². The van der Waals surface area contributed by atoms with Gasteiger partial charge in [0.25, 0.3) is 5.91 Å². The molecule has 1 fully saturated rings. The number of carbonyl (C=O) groups is 1. The van der Waals surface area contributed by atoms with E-state index >= 15 is 0 Å². The monoisotopic (exact) mass is 480 g/mol. The summed E-state index contributed by atoms with van der Waals surface area (Å²) >= 11 is 7.95. The van der Waals surface area contributed by atoms with Crippen LogP contribution < -0.4 is 9.64 Å². The summed E-state index contributed by atoms with van der Waals surface area (Å²) in [5, 5.41) is 0.740. The second kappa shape index (κ2) is 11.0. The minimum absolute atomic E-state index is 0.0754. The lowest BCUT2D eigenvalue weighted by Crippen LogP contribution is -2.49. The van der Waals surface area contributed by atoms with Crippen molar-refractivity contribution in [3.8, 4) is 5.75 Å². The van der Waals surface area contributed by atoms with E-state index < -0.39 is 0 Å². The van der Waals surface area contributed by atoms with E-state index in [0.29, 0.717) is 19.7 Å². The Kier molecular flexibility index (Phi) is 7.84. The van der Waals surface area contributed by atoms with Crippen LogP contribution in [-0.2, 0) is 5.75 Å². The number of ether oxygens (including phenoxy) is 1. The first kappa shape index (κ1) is 23.5. The summed E-state index contributed by atoms with van der Waals surface area (Å²) in [7, 11) is 0. The van der Waals surface area contributed by atoms with Gasteiger partial charge in [0.15, 0.2) is 0 Å². The molecule has 0 saturated carbocycles. The van der Waals surface area contributed by atoms with Crippen molar-refractivity contribution in [1.82, 2.24) is 4.90 Å². The van der Waals surface area contributed by atoms with Crippen molar-refractivity contribution in [3.63, 3.8) is 0 Å². The van der Waals surface area contributed by atoms with E-state index in [0.717, 1.165) is 46.4 Å². The number of anilines is 1. The summed E-state index contributed by atoms with van der Waals surface area (Å²) in [6.45, 7) is 7.63. The maximum absolute atomic E-state index is 13.3. The lowest BCUT2D eigenvalue weighted by molar-refractivity contribution is 0.0746. The van der Waals surface area contributed by atoms with Crippen LogP contribution >= 0.6 is 23.4 Å². The van der Waals surface area contributed by atoms with Gasteiger partial charge in [-0.1, -0.05) is 35.9 Å². The molecule has 0 atom stereocenters. The molecule has 4 nitrogen and oxygen atoms in total. The van der Waals surface area contributed by atoms with Crippen LogP contribution in [0.15, 0.2) is 71.6 Å². The fourth-order valence-electron chi connectivity index (χ4n) is 4.06. The van der Waals surface area contributed by atoms with Crippen LogP contribution in [-0.4, -0.2) is 43.6 Å². The quantitative estimate of drug-likeness (QED) is 0.371. The van der Waals surface area contributed by atoms with Crippen LogP contribution in [0, 0.1) is 6.92 Å².